The van der Waals surface area contributed by atoms with Gasteiger partial charge in [-0.15, -0.1) is 0 Å². The highest BCUT2D eigenvalue weighted by Crippen LogP contribution is 2.36. The van der Waals surface area contributed by atoms with Crippen molar-refractivity contribution < 1.29 is 14.3 Å². The van der Waals surface area contributed by atoms with Crippen molar-refractivity contribution >= 4 is 6.29 Å². The van der Waals surface area contributed by atoms with Crippen molar-refractivity contribution in [3.8, 4) is 11.3 Å². The van der Waals surface area contributed by atoms with Gasteiger partial charge in [0, 0.05) is 5.56 Å². The molecule has 0 bridgehead atoms. The van der Waals surface area contributed by atoms with Crippen molar-refractivity contribution in [2.24, 2.45) is 0 Å². The number of carbonyl (C=O) groups excluding carboxylic acids is 1. The van der Waals surface area contributed by atoms with Gasteiger partial charge in [-0.05, 0) is 30.5 Å². The standard InChI is InChI=1S/C16H18O3/c1-3-16(18,4-2)14-8-6-5-7-13(14)15-10-9-12(11-17)19-15/h5-11,18H,3-4H2,1-2H3. The number of aldehydes is 1. The molecule has 100 valence electrons. The van der Waals surface area contributed by atoms with Gasteiger partial charge in [0.15, 0.2) is 12.0 Å². The number of benzene rings is 1. The highest BCUT2D eigenvalue weighted by atomic mass is 16.3. The molecule has 0 amide bonds. The number of rotatable bonds is 5. The number of hydrogen-bond donors (Lipinski definition) is 1. The lowest BCUT2D eigenvalue weighted by atomic mass is 9.85. The molecule has 0 radical (unpaired) electrons. The van der Waals surface area contributed by atoms with Crippen molar-refractivity contribution in [2.45, 2.75) is 32.3 Å². The molecule has 0 spiro atoms. The second-order valence-corrected chi connectivity index (χ2v) is 4.60. The van der Waals surface area contributed by atoms with E-state index in [9.17, 15) is 9.90 Å². The van der Waals surface area contributed by atoms with Crippen LogP contribution >= 0.6 is 0 Å². The third-order valence-corrected chi connectivity index (χ3v) is 3.61. The van der Waals surface area contributed by atoms with Gasteiger partial charge in [-0.25, -0.2) is 0 Å². The summed E-state index contributed by atoms with van der Waals surface area (Å²) in [5.41, 5.74) is 0.804. The van der Waals surface area contributed by atoms with E-state index in [2.05, 4.69) is 0 Å². The van der Waals surface area contributed by atoms with E-state index in [1.165, 1.54) is 0 Å². The van der Waals surface area contributed by atoms with E-state index in [0.29, 0.717) is 30.6 Å². The van der Waals surface area contributed by atoms with Gasteiger partial charge in [-0.1, -0.05) is 38.1 Å². The third-order valence-electron chi connectivity index (χ3n) is 3.61. The van der Waals surface area contributed by atoms with Crippen molar-refractivity contribution in [1.29, 1.82) is 0 Å². The Labute approximate surface area is 112 Å². The van der Waals surface area contributed by atoms with Gasteiger partial charge in [-0.2, -0.15) is 0 Å². The number of furan rings is 1. The van der Waals surface area contributed by atoms with E-state index in [-0.39, 0.29) is 0 Å². The van der Waals surface area contributed by atoms with Crippen LogP contribution in [0, 0.1) is 0 Å². The van der Waals surface area contributed by atoms with Crippen LogP contribution in [0.5, 0.6) is 0 Å². The second kappa shape index (κ2) is 5.41. The molecule has 0 aliphatic heterocycles. The molecule has 0 fully saturated rings. The molecule has 19 heavy (non-hydrogen) atoms. The summed E-state index contributed by atoms with van der Waals surface area (Å²) in [7, 11) is 0. The van der Waals surface area contributed by atoms with Gasteiger partial charge in [0.2, 0.25) is 0 Å². The highest BCUT2D eigenvalue weighted by Gasteiger charge is 2.28. The Morgan fingerprint density at radius 1 is 1.16 bits per heavy atom. The zero-order chi connectivity index (χ0) is 13.9. The van der Waals surface area contributed by atoms with E-state index in [1.807, 2.05) is 38.1 Å². The predicted octanol–water partition coefficient (Wildman–Crippen LogP) is 3.77. The summed E-state index contributed by atoms with van der Waals surface area (Å²) < 4.78 is 5.46. The molecule has 1 N–H and O–H groups in total. The van der Waals surface area contributed by atoms with Crippen LogP contribution in [0.25, 0.3) is 11.3 Å². The minimum Gasteiger partial charge on any atom is -0.453 e. The molecule has 0 saturated carbocycles. The molecule has 2 rings (SSSR count). The maximum atomic E-state index is 10.7. The fourth-order valence-corrected chi connectivity index (χ4v) is 2.30. The maximum absolute atomic E-state index is 10.7. The molecule has 0 aliphatic rings. The van der Waals surface area contributed by atoms with Crippen LogP contribution in [0.4, 0.5) is 0 Å². The first-order valence-corrected chi connectivity index (χ1v) is 6.52. The molecular formula is C16H18O3. The first-order chi connectivity index (χ1) is 9.14. The smallest absolute Gasteiger partial charge is 0.185 e. The Hall–Kier alpha value is -1.87. The quantitative estimate of drug-likeness (QED) is 0.830. The first-order valence-electron chi connectivity index (χ1n) is 6.52. The van der Waals surface area contributed by atoms with Gasteiger partial charge in [0.25, 0.3) is 0 Å². The summed E-state index contributed by atoms with van der Waals surface area (Å²) >= 11 is 0. The summed E-state index contributed by atoms with van der Waals surface area (Å²) in [6, 6.07) is 11.0. The summed E-state index contributed by atoms with van der Waals surface area (Å²) in [4.78, 5) is 10.7. The zero-order valence-corrected chi connectivity index (χ0v) is 11.2. The Kier molecular flexibility index (Phi) is 3.86. The van der Waals surface area contributed by atoms with Gasteiger partial charge >= 0.3 is 0 Å². The van der Waals surface area contributed by atoms with E-state index >= 15 is 0 Å². The van der Waals surface area contributed by atoms with Crippen LogP contribution in [0.15, 0.2) is 40.8 Å². The fourth-order valence-electron chi connectivity index (χ4n) is 2.30. The van der Waals surface area contributed by atoms with Gasteiger partial charge in [0.1, 0.15) is 5.76 Å². The van der Waals surface area contributed by atoms with Crippen LogP contribution in [-0.2, 0) is 5.60 Å². The summed E-state index contributed by atoms with van der Waals surface area (Å²) in [5, 5.41) is 10.7. The summed E-state index contributed by atoms with van der Waals surface area (Å²) in [6.07, 6.45) is 1.93. The van der Waals surface area contributed by atoms with Crippen molar-refractivity contribution in [1.82, 2.24) is 0 Å². The first kappa shape index (κ1) is 13.6. The number of aliphatic hydroxyl groups is 1. The zero-order valence-electron chi connectivity index (χ0n) is 11.2. The summed E-state index contributed by atoms with van der Waals surface area (Å²) in [5.74, 6) is 0.902. The largest absolute Gasteiger partial charge is 0.453 e. The predicted molar refractivity (Wildman–Crippen MR) is 74.0 cm³/mol. The molecule has 2 aromatic rings. The van der Waals surface area contributed by atoms with Crippen LogP contribution in [0.3, 0.4) is 0 Å². The monoisotopic (exact) mass is 258 g/mol. The van der Waals surface area contributed by atoms with Crippen LogP contribution < -0.4 is 0 Å². The fraction of sp³-hybridized carbons (Fsp3) is 0.312. The van der Waals surface area contributed by atoms with E-state index in [1.54, 1.807) is 12.1 Å². The third kappa shape index (κ3) is 2.47. The molecule has 1 aromatic heterocycles. The Morgan fingerprint density at radius 2 is 1.84 bits per heavy atom. The average molecular weight is 258 g/mol. The Morgan fingerprint density at radius 3 is 2.42 bits per heavy atom. The van der Waals surface area contributed by atoms with E-state index in [4.69, 9.17) is 4.42 Å². The van der Waals surface area contributed by atoms with Gasteiger partial charge in [-0.3, -0.25) is 4.79 Å². The van der Waals surface area contributed by atoms with Gasteiger partial charge in [0.05, 0.1) is 5.60 Å². The SMILES string of the molecule is CCC(O)(CC)c1ccccc1-c1ccc(C=O)o1. The van der Waals surface area contributed by atoms with E-state index < -0.39 is 5.60 Å². The van der Waals surface area contributed by atoms with Crippen LogP contribution in [-0.4, -0.2) is 11.4 Å². The lowest BCUT2D eigenvalue weighted by molar-refractivity contribution is 0.0288. The Bertz CT molecular complexity index is 565. The van der Waals surface area contributed by atoms with E-state index in [0.717, 1.165) is 11.1 Å². The normalized spacial score (nSPS) is 11.5. The molecular weight excluding hydrogens is 240 g/mol. The lowest BCUT2D eigenvalue weighted by Gasteiger charge is -2.27. The van der Waals surface area contributed by atoms with Crippen molar-refractivity contribution in [3.05, 3.63) is 47.7 Å². The summed E-state index contributed by atoms with van der Waals surface area (Å²) in [6.45, 7) is 3.92. The minimum atomic E-state index is -0.870. The topological polar surface area (TPSA) is 50.4 Å². The molecule has 0 aliphatic carbocycles. The maximum Gasteiger partial charge on any atom is 0.185 e. The van der Waals surface area contributed by atoms with Crippen LogP contribution in [0.2, 0.25) is 0 Å². The molecule has 3 heteroatoms. The lowest BCUT2D eigenvalue weighted by Crippen LogP contribution is -2.24. The highest BCUT2D eigenvalue weighted by molar-refractivity contribution is 5.73. The molecule has 0 saturated heterocycles. The second-order valence-electron chi connectivity index (χ2n) is 4.60. The van der Waals surface area contributed by atoms with Gasteiger partial charge < -0.3 is 9.52 Å². The molecule has 3 nitrogen and oxygen atoms in total. The average Bonchev–Trinajstić information content (AvgIpc) is 2.95. The van der Waals surface area contributed by atoms with Crippen LogP contribution in [0.1, 0.15) is 42.8 Å². The van der Waals surface area contributed by atoms with Crippen molar-refractivity contribution in [2.75, 3.05) is 0 Å². The van der Waals surface area contributed by atoms with Crippen molar-refractivity contribution in [3.63, 3.8) is 0 Å². The Balaban J connectivity index is 2.55. The minimum absolute atomic E-state index is 0.293. The molecule has 0 atom stereocenters. The molecule has 1 aromatic carbocycles. The molecule has 1 heterocycles. The molecule has 0 unspecified atom stereocenters. The number of carbonyl (C=O) groups is 1. The number of hydrogen-bond acceptors (Lipinski definition) is 3.